The van der Waals surface area contributed by atoms with Crippen molar-refractivity contribution in [3.63, 3.8) is 0 Å². The number of anilines is 1. The topological polar surface area (TPSA) is 86.8 Å². The smallest absolute Gasteiger partial charge is 0.243 e. The van der Waals surface area contributed by atoms with Crippen molar-refractivity contribution >= 4 is 27.5 Å². The number of nitrogens with zero attached hydrogens (tertiary/aromatic N) is 2. The summed E-state index contributed by atoms with van der Waals surface area (Å²) in [6.45, 7) is 2.08. The van der Waals surface area contributed by atoms with Crippen molar-refractivity contribution in [2.45, 2.75) is 38.8 Å². The number of hydrogen-bond acceptors (Lipinski definition) is 4. The van der Waals surface area contributed by atoms with E-state index in [0.29, 0.717) is 12.1 Å². The normalized spacial score (nSPS) is 12.0. The number of likely N-dealkylation sites (N-methyl/N-ethyl adjacent to an activating group) is 1. The number of hydrogen-bond donors (Lipinski definition) is 1. The van der Waals surface area contributed by atoms with E-state index in [1.807, 2.05) is 30.3 Å². The summed E-state index contributed by atoms with van der Waals surface area (Å²) in [5.41, 5.74) is 1.39. The lowest BCUT2D eigenvalue weighted by Gasteiger charge is -2.32. The van der Waals surface area contributed by atoms with E-state index in [9.17, 15) is 26.8 Å². The molecule has 0 aliphatic rings. The first-order chi connectivity index (χ1) is 18.6. The highest BCUT2D eigenvalue weighted by Gasteiger charge is 2.30. The van der Waals surface area contributed by atoms with Gasteiger partial charge in [-0.1, -0.05) is 54.6 Å². The Morgan fingerprint density at radius 3 is 2.15 bits per heavy atom. The molecule has 3 rings (SSSR count). The Morgan fingerprint density at radius 1 is 0.897 bits per heavy atom. The lowest BCUT2D eigenvalue weighted by molar-refractivity contribution is -0.141. The average molecular weight is 558 g/mol. The number of amides is 2. The van der Waals surface area contributed by atoms with Crippen LogP contribution in [0.3, 0.4) is 0 Å². The highest BCUT2D eigenvalue weighted by Crippen LogP contribution is 2.23. The molecular weight excluding hydrogens is 524 g/mol. The Hall–Kier alpha value is -3.79. The average Bonchev–Trinajstić information content (AvgIpc) is 2.90. The fourth-order valence-corrected chi connectivity index (χ4v) is 5.24. The molecule has 0 bridgehead atoms. The molecule has 3 aromatic carbocycles. The van der Waals surface area contributed by atoms with Crippen LogP contribution in [-0.4, -0.2) is 50.5 Å². The van der Waals surface area contributed by atoms with E-state index in [0.717, 1.165) is 16.1 Å². The van der Waals surface area contributed by atoms with Crippen LogP contribution in [0, 0.1) is 11.6 Å². The first-order valence-corrected chi connectivity index (χ1v) is 14.5. The molecular formula is C29H33F2N3O4S. The van der Waals surface area contributed by atoms with Gasteiger partial charge in [0.1, 0.15) is 17.7 Å². The van der Waals surface area contributed by atoms with Crippen LogP contribution in [0.15, 0.2) is 78.9 Å². The van der Waals surface area contributed by atoms with Gasteiger partial charge >= 0.3 is 0 Å². The van der Waals surface area contributed by atoms with Crippen molar-refractivity contribution in [2.75, 3.05) is 23.7 Å². The second kappa shape index (κ2) is 13.8. The third kappa shape index (κ3) is 8.61. The Balaban J connectivity index is 1.86. The molecule has 0 aliphatic heterocycles. The number of halogens is 2. The van der Waals surface area contributed by atoms with E-state index in [1.54, 1.807) is 19.1 Å². The number of carbonyl (C=O) groups is 2. The van der Waals surface area contributed by atoms with E-state index in [-0.39, 0.29) is 49.9 Å². The van der Waals surface area contributed by atoms with Crippen LogP contribution in [0.1, 0.15) is 30.9 Å². The molecule has 1 N–H and O–H groups in total. The molecule has 0 saturated heterocycles. The first-order valence-electron chi connectivity index (χ1n) is 12.7. The lowest BCUT2D eigenvalue weighted by Crippen LogP contribution is -2.50. The molecule has 0 spiro atoms. The molecule has 3 aromatic rings. The van der Waals surface area contributed by atoms with Gasteiger partial charge in [0.05, 0.1) is 11.9 Å². The van der Waals surface area contributed by atoms with E-state index in [2.05, 4.69) is 5.32 Å². The third-order valence-electron chi connectivity index (χ3n) is 6.16. The predicted molar refractivity (Wildman–Crippen MR) is 147 cm³/mol. The summed E-state index contributed by atoms with van der Waals surface area (Å²) >= 11 is 0. The van der Waals surface area contributed by atoms with E-state index in [4.69, 9.17) is 0 Å². The van der Waals surface area contributed by atoms with Gasteiger partial charge in [-0.3, -0.25) is 13.9 Å². The van der Waals surface area contributed by atoms with Crippen molar-refractivity contribution in [2.24, 2.45) is 0 Å². The molecule has 0 heterocycles. The van der Waals surface area contributed by atoms with Crippen LogP contribution in [0.25, 0.3) is 0 Å². The minimum atomic E-state index is -3.82. The fraction of sp³-hybridized carbons (Fsp3) is 0.310. The van der Waals surface area contributed by atoms with Crippen molar-refractivity contribution in [3.05, 3.63) is 102 Å². The molecule has 1 atom stereocenters. The number of para-hydroxylation sites is 1. The SMILES string of the molecule is CCNC(=O)[C@H](Cc1ccccc1)N(Cc1ccc(F)cc1)C(=O)CCCN(c1ccccc1F)S(C)(=O)=O. The Labute approximate surface area is 228 Å². The maximum atomic E-state index is 14.4. The van der Waals surface area contributed by atoms with Crippen molar-refractivity contribution < 1.29 is 26.8 Å². The second-order valence-electron chi connectivity index (χ2n) is 9.14. The summed E-state index contributed by atoms with van der Waals surface area (Å²) in [7, 11) is -3.82. The number of sulfonamides is 1. The molecule has 7 nitrogen and oxygen atoms in total. The van der Waals surface area contributed by atoms with Gasteiger partial charge in [-0.2, -0.15) is 0 Å². The summed E-state index contributed by atoms with van der Waals surface area (Å²) in [5.74, 6) is -1.82. The van der Waals surface area contributed by atoms with Crippen molar-refractivity contribution in [3.8, 4) is 0 Å². The van der Waals surface area contributed by atoms with Crippen LogP contribution >= 0.6 is 0 Å². The molecule has 39 heavy (non-hydrogen) atoms. The van der Waals surface area contributed by atoms with Crippen LogP contribution in [0.2, 0.25) is 0 Å². The highest BCUT2D eigenvalue weighted by molar-refractivity contribution is 7.92. The van der Waals surface area contributed by atoms with Gasteiger partial charge in [0.25, 0.3) is 0 Å². The van der Waals surface area contributed by atoms with E-state index < -0.39 is 27.7 Å². The molecule has 0 unspecified atom stereocenters. The summed E-state index contributed by atoms with van der Waals surface area (Å²) < 4.78 is 53.7. The zero-order valence-electron chi connectivity index (χ0n) is 22.0. The molecule has 0 radical (unpaired) electrons. The van der Waals surface area contributed by atoms with Crippen LogP contribution in [-0.2, 0) is 32.6 Å². The minimum Gasteiger partial charge on any atom is -0.355 e. The number of carbonyl (C=O) groups excluding carboxylic acids is 2. The van der Waals surface area contributed by atoms with Crippen molar-refractivity contribution in [1.82, 2.24) is 10.2 Å². The predicted octanol–water partition coefficient (Wildman–Crippen LogP) is 4.29. The third-order valence-corrected chi connectivity index (χ3v) is 7.34. The lowest BCUT2D eigenvalue weighted by atomic mass is 10.0. The van der Waals surface area contributed by atoms with Gasteiger partial charge in [0.15, 0.2) is 0 Å². The van der Waals surface area contributed by atoms with E-state index in [1.165, 1.54) is 41.3 Å². The summed E-state index contributed by atoms with van der Waals surface area (Å²) in [5, 5.41) is 2.80. The molecule has 0 aromatic heterocycles. The molecule has 0 fully saturated rings. The van der Waals surface area contributed by atoms with Gasteiger partial charge in [-0.25, -0.2) is 17.2 Å². The zero-order chi connectivity index (χ0) is 28.4. The molecule has 208 valence electrons. The Bertz CT molecular complexity index is 1350. The highest BCUT2D eigenvalue weighted by atomic mass is 32.2. The molecule has 0 saturated carbocycles. The van der Waals surface area contributed by atoms with Crippen LogP contribution < -0.4 is 9.62 Å². The number of benzene rings is 3. The first kappa shape index (κ1) is 29.8. The molecule has 2 amide bonds. The molecule has 10 heteroatoms. The number of rotatable bonds is 13. The Kier molecular flexibility index (Phi) is 10.6. The Morgan fingerprint density at radius 2 is 1.54 bits per heavy atom. The second-order valence-corrected chi connectivity index (χ2v) is 11.0. The van der Waals surface area contributed by atoms with Gasteiger partial charge in [-0.05, 0) is 48.7 Å². The van der Waals surface area contributed by atoms with Gasteiger partial charge in [0, 0.05) is 32.5 Å². The van der Waals surface area contributed by atoms with Crippen LogP contribution in [0.5, 0.6) is 0 Å². The largest absolute Gasteiger partial charge is 0.355 e. The summed E-state index contributed by atoms with van der Waals surface area (Å²) in [6, 6.07) is 19.6. The fourth-order valence-electron chi connectivity index (χ4n) is 4.27. The van der Waals surface area contributed by atoms with Gasteiger partial charge in [-0.15, -0.1) is 0 Å². The monoisotopic (exact) mass is 557 g/mol. The summed E-state index contributed by atoms with van der Waals surface area (Å²) in [6.07, 6.45) is 1.23. The number of nitrogens with one attached hydrogen (secondary N) is 1. The van der Waals surface area contributed by atoms with E-state index >= 15 is 0 Å². The molecule has 0 aliphatic carbocycles. The van der Waals surface area contributed by atoms with Gasteiger partial charge < -0.3 is 10.2 Å². The quantitative estimate of drug-likeness (QED) is 0.340. The van der Waals surface area contributed by atoms with Gasteiger partial charge in [0.2, 0.25) is 21.8 Å². The zero-order valence-corrected chi connectivity index (χ0v) is 22.8. The maximum Gasteiger partial charge on any atom is 0.243 e. The standard InChI is InChI=1S/C29H33F2N3O4S/c1-3-32-29(36)27(20-22-10-5-4-6-11-22)33(21-23-15-17-24(30)18-16-23)28(35)14-9-19-34(39(2,37)38)26-13-8-7-12-25(26)31/h4-8,10-13,15-18,27H,3,9,14,19-21H2,1-2H3,(H,32,36)/t27-/m0/s1. The summed E-state index contributed by atoms with van der Waals surface area (Å²) in [4.78, 5) is 28.2. The van der Waals surface area contributed by atoms with Crippen LogP contribution in [0.4, 0.5) is 14.5 Å². The van der Waals surface area contributed by atoms with Crippen molar-refractivity contribution in [1.29, 1.82) is 0 Å². The minimum absolute atomic E-state index is 0.0524. The maximum absolute atomic E-state index is 14.4.